The number of nitrogens with zero attached hydrogens (tertiary/aromatic N) is 2. The third kappa shape index (κ3) is 3.78. The summed E-state index contributed by atoms with van der Waals surface area (Å²) in [5.41, 5.74) is 2.51. The Bertz CT molecular complexity index is 533. The first-order valence-electron chi connectivity index (χ1n) is 6.52. The van der Waals surface area contributed by atoms with Crippen molar-refractivity contribution in [2.45, 2.75) is 39.2 Å². The molecule has 2 aromatic rings. The largest absolute Gasteiger partial charge is 0.330 e. The first-order valence-corrected chi connectivity index (χ1v) is 6.52. The van der Waals surface area contributed by atoms with Gasteiger partial charge in [0.1, 0.15) is 0 Å². The summed E-state index contributed by atoms with van der Waals surface area (Å²) in [4.78, 5) is 15.8. The second-order valence-electron chi connectivity index (χ2n) is 5.90. The first kappa shape index (κ1) is 13.5. The standard InChI is InChI=1S/C16H20N2O/c1-16(2,3)14-6-4-13(5-7-14)10-15(19)11-18-9-8-17-12-18/h4-9,12H,10-11H2,1-3H3. The third-order valence-electron chi connectivity index (χ3n) is 3.14. The molecule has 1 aromatic heterocycles. The Morgan fingerprint density at radius 3 is 2.42 bits per heavy atom. The van der Waals surface area contributed by atoms with Crippen LogP contribution in [-0.2, 0) is 23.2 Å². The minimum atomic E-state index is 0.152. The highest BCUT2D eigenvalue weighted by atomic mass is 16.1. The topological polar surface area (TPSA) is 34.9 Å². The van der Waals surface area contributed by atoms with Crippen LogP contribution < -0.4 is 0 Å². The van der Waals surface area contributed by atoms with Gasteiger partial charge < -0.3 is 4.57 Å². The van der Waals surface area contributed by atoms with E-state index in [1.54, 1.807) is 23.3 Å². The molecule has 0 spiro atoms. The average molecular weight is 256 g/mol. The van der Waals surface area contributed by atoms with Crippen LogP contribution in [0.15, 0.2) is 43.0 Å². The zero-order valence-corrected chi connectivity index (χ0v) is 11.8. The zero-order valence-electron chi connectivity index (χ0n) is 11.8. The van der Waals surface area contributed by atoms with Crippen molar-refractivity contribution in [3.8, 4) is 0 Å². The van der Waals surface area contributed by atoms with E-state index in [-0.39, 0.29) is 11.2 Å². The molecule has 0 bridgehead atoms. The van der Waals surface area contributed by atoms with Gasteiger partial charge in [-0.2, -0.15) is 0 Å². The smallest absolute Gasteiger partial charge is 0.156 e. The molecule has 19 heavy (non-hydrogen) atoms. The fraction of sp³-hybridized carbons (Fsp3) is 0.375. The van der Waals surface area contributed by atoms with Crippen LogP contribution in [0.1, 0.15) is 31.9 Å². The molecule has 0 N–H and O–H groups in total. The Balaban J connectivity index is 1.98. The normalized spacial score (nSPS) is 11.5. The van der Waals surface area contributed by atoms with Crippen molar-refractivity contribution in [3.05, 3.63) is 54.1 Å². The molecule has 2 rings (SSSR count). The van der Waals surface area contributed by atoms with Crippen LogP contribution in [-0.4, -0.2) is 15.3 Å². The van der Waals surface area contributed by atoms with Gasteiger partial charge in [0, 0.05) is 18.8 Å². The van der Waals surface area contributed by atoms with Crippen molar-refractivity contribution in [2.75, 3.05) is 0 Å². The van der Waals surface area contributed by atoms with Crippen LogP contribution in [0.4, 0.5) is 0 Å². The van der Waals surface area contributed by atoms with E-state index in [2.05, 4.69) is 37.9 Å². The monoisotopic (exact) mass is 256 g/mol. The maximum atomic E-state index is 11.9. The predicted octanol–water partition coefficient (Wildman–Crippen LogP) is 2.99. The van der Waals surface area contributed by atoms with Gasteiger partial charge in [0.25, 0.3) is 0 Å². The van der Waals surface area contributed by atoms with E-state index in [4.69, 9.17) is 0 Å². The molecular formula is C16H20N2O. The number of ketones is 1. The molecule has 100 valence electrons. The molecule has 1 heterocycles. The minimum absolute atomic E-state index is 0.152. The van der Waals surface area contributed by atoms with Gasteiger partial charge in [-0.05, 0) is 16.5 Å². The molecule has 0 aliphatic rings. The van der Waals surface area contributed by atoms with Crippen molar-refractivity contribution in [1.29, 1.82) is 0 Å². The number of carbonyl (C=O) groups excluding carboxylic acids is 1. The second-order valence-corrected chi connectivity index (χ2v) is 5.90. The summed E-state index contributed by atoms with van der Waals surface area (Å²) in [6.45, 7) is 6.95. The lowest BCUT2D eigenvalue weighted by Gasteiger charge is -2.19. The van der Waals surface area contributed by atoms with Gasteiger partial charge >= 0.3 is 0 Å². The molecule has 0 unspecified atom stereocenters. The average Bonchev–Trinajstić information content (AvgIpc) is 2.81. The number of imidazole rings is 1. The molecule has 1 aromatic carbocycles. The number of hydrogen-bond acceptors (Lipinski definition) is 2. The minimum Gasteiger partial charge on any atom is -0.330 e. The van der Waals surface area contributed by atoms with E-state index in [1.165, 1.54) is 5.56 Å². The summed E-state index contributed by atoms with van der Waals surface area (Å²) in [7, 11) is 0. The van der Waals surface area contributed by atoms with Crippen LogP contribution in [0, 0.1) is 0 Å². The lowest BCUT2D eigenvalue weighted by Crippen LogP contribution is -2.13. The number of Topliss-reactive ketones (excluding diaryl/α,β-unsaturated/α-hetero) is 1. The first-order chi connectivity index (χ1) is 8.95. The van der Waals surface area contributed by atoms with E-state index in [0.717, 1.165) is 5.56 Å². The van der Waals surface area contributed by atoms with Crippen LogP contribution in [0.2, 0.25) is 0 Å². The maximum Gasteiger partial charge on any atom is 0.156 e. The molecular weight excluding hydrogens is 236 g/mol. The Hall–Kier alpha value is -1.90. The molecule has 3 heteroatoms. The lowest BCUT2D eigenvalue weighted by atomic mass is 9.86. The van der Waals surface area contributed by atoms with Gasteiger partial charge in [0.2, 0.25) is 0 Å². The zero-order chi connectivity index (χ0) is 13.9. The predicted molar refractivity (Wildman–Crippen MR) is 76.1 cm³/mol. The molecule has 0 aliphatic heterocycles. The Morgan fingerprint density at radius 2 is 1.89 bits per heavy atom. The van der Waals surface area contributed by atoms with Gasteiger partial charge in [-0.25, -0.2) is 4.98 Å². The highest BCUT2D eigenvalue weighted by molar-refractivity contribution is 5.80. The Kier molecular flexibility index (Phi) is 3.84. The number of hydrogen-bond donors (Lipinski definition) is 0. The second kappa shape index (κ2) is 5.39. The number of rotatable bonds is 4. The summed E-state index contributed by atoms with van der Waals surface area (Å²) in [5.74, 6) is 0.196. The van der Waals surface area contributed by atoms with Crippen molar-refractivity contribution >= 4 is 5.78 Å². The van der Waals surface area contributed by atoms with Crippen LogP contribution in [0.25, 0.3) is 0 Å². The Labute approximate surface area is 114 Å². The number of carbonyl (C=O) groups is 1. The van der Waals surface area contributed by atoms with Crippen LogP contribution in [0.5, 0.6) is 0 Å². The highest BCUT2D eigenvalue weighted by Crippen LogP contribution is 2.22. The molecule has 0 amide bonds. The molecule has 0 fully saturated rings. The SMILES string of the molecule is CC(C)(C)c1ccc(CC(=O)Cn2ccnc2)cc1. The quantitative estimate of drug-likeness (QED) is 0.843. The van der Waals surface area contributed by atoms with Gasteiger partial charge in [-0.15, -0.1) is 0 Å². The van der Waals surface area contributed by atoms with Crippen molar-refractivity contribution in [1.82, 2.24) is 9.55 Å². The fourth-order valence-corrected chi connectivity index (χ4v) is 1.99. The molecule has 0 saturated carbocycles. The van der Waals surface area contributed by atoms with E-state index in [1.807, 2.05) is 12.1 Å². The molecule has 0 atom stereocenters. The van der Waals surface area contributed by atoms with E-state index in [0.29, 0.717) is 13.0 Å². The number of aromatic nitrogens is 2. The summed E-state index contributed by atoms with van der Waals surface area (Å²) in [6, 6.07) is 8.32. The third-order valence-corrected chi connectivity index (χ3v) is 3.14. The van der Waals surface area contributed by atoms with Gasteiger partial charge in [0.05, 0.1) is 12.9 Å². The molecule has 3 nitrogen and oxygen atoms in total. The van der Waals surface area contributed by atoms with Crippen molar-refractivity contribution < 1.29 is 4.79 Å². The van der Waals surface area contributed by atoms with Crippen LogP contribution in [0.3, 0.4) is 0 Å². The van der Waals surface area contributed by atoms with Gasteiger partial charge in [-0.1, -0.05) is 45.0 Å². The lowest BCUT2D eigenvalue weighted by molar-refractivity contribution is -0.119. The summed E-state index contributed by atoms with van der Waals surface area (Å²) >= 11 is 0. The summed E-state index contributed by atoms with van der Waals surface area (Å²) in [6.07, 6.45) is 5.63. The fourth-order valence-electron chi connectivity index (χ4n) is 1.99. The Morgan fingerprint density at radius 1 is 1.21 bits per heavy atom. The summed E-state index contributed by atoms with van der Waals surface area (Å²) < 4.78 is 1.80. The molecule has 0 aliphatic carbocycles. The van der Waals surface area contributed by atoms with Gasteiger partial charge in [0.15, 0.2) is 5.78 Å². The molecule has 0 radical (unpaired) electrons. The highest BCUT2D eigenvalue weighted by Gasteiger charge is 2.13. The van der Waals surface area contributed by atoms with E-state index >= 15 is 0 Å². The van der Waals surface area contributed by atoms with Crippen molar-refractivity contribution in [2.24, 2.45) is 0 Å². The van der Waals surface area contributed by atoms with Crippen molar-refractivity contribution in [3.63, 3.8) is 0 Å². The maximum absolute atomic E-state index is 11.9. The van der Waals surface area contributed by atoms with Gasteiger partial charge in [-0.3, -0.25) is 4.79 Å². The molecule has 0 saturated heterocycles. The van der Waals surface area contributed by atoms with E-state index < -0.39 is 0 Å². The van der Waals surface area contributed by atoms with Crippen LogP contribution >= 0.6 is 0 Å². The number of benzene rings is 1. The van der Waals surface area contributed by atoms with E-state index in [9.17, 15) is 4.79 Å². The summed E-state index contributed by atoms with van der Waals surface area (Å²) in [5, 5.41) is 0.